The lowest BCUT2D eigenvalue weighted by Gasteiger charge is -2.18. The van der Waals surface area contributed by atoms with Crippen molar-refractivity contribution in [2.75, 3.05) is 20.6 Å². The van der Waals surface area contributed by atoms with Crippen LogP contribution in [0.3, 0.4) is 0 Å². The number of rotatable bonds is 4. The average molecular weight is 132 g/mol. The largest absolute Gasteiger partial charge is 0.269 e. The molecule has 0 radical (unpaired) electrons. The highest BCUT2D eigenvalue weighted by molar-refractivity contribution is 4.57. The maximum atomic E-state index is 5.44. The third kappa shape index (κ3) is 4.35. The minimum absolute atomic E-state index is 0.359. The van der Waals surface area contributed by atoms with E-state index in [0.29, 0.717) is 6.04 Å². The molecule has 1 unspecified atom stereocenters. The Bertz CT molecular complexity index is 64.0. The molecule has 0 spiro atoms. The van der Waals surface area contributed by atoms with Crippen molar-refractivity contribution in [2.24, 2.45) is 5.84 Å². The van der Waals surface area contributed by atoms with Gasteiger partial charge in [-0.3, -0.25) is 16.7 Å². The van der Waals surface area contributed by atoms with Gasteiger partial charge in [-0.15, -0.1) is 0 Å². The fourth-order valence-electron chi connectivity index (χ4n) is 0.394. The van der Waals surface area contributed by atoms with Crippen LogP contribution in [-0.2, 0) is 0 Å². The zero-order chi connectivity index (χ0) is 7.28. The molecule has 0 rings (SSSR count). The quantitative estimate of drug-likeness (QED) is 0.336. The first-order valence-corrected chi connectivity index (χ1v) is 3.05. The summed E-state index contributed by atoms with van der Waals surface area (Å²) in [6.07, 6.45) is 0. The third-order valence-electron chi connectivity index (χ3n) is 1.27. The van der Waals surface area contributed by atoms with E-state index in [0.717, 1.165) is 6.54 Å². The molecule has 9 heavy (non-hydrogen) atoms. The van der Waals surface area contributed by atoms with Crippen molar-refractivity contribution in [1.82, 2.24) is 15.9 Å². The topological polar surface area (TPSA) is 53.3 Å². The number of hydrogen-bond acceptors (Lipinski definition) is 4. The lowest BCUT2D eigenvalue weighted by atomic mass is 10.3. The van der Waals surface area contributed by atoms with Gasteiger partial charge in [-0.25, -0.2) is 5.01 Å². The first-order valence-electron chi connectivity index (χ1n) is 3.05. The van der Waals surface area contributed by atoms with E-state index in [-0.39, 0.29) is 0 Å². The lowest BCUT2D eigenvalue weighted by Crippen LogP contribution is -2.44. The van der Waals surface area contributed by atoms with Crippen molar-refractivity contribution in [1.29, 1.82) is 0 Å². The van der Waals surface area contributed by atoms with Gasteiger partial charge in [-0.1, -0.05) is 0 Å². The van der Waals surface area contributed by atoms with Crippen molar-refractivity contribution in [2.45, 2.75) is 13.0 Å². The van der Waals surface area contributed by atoms with Gasteiger partial charge in [0.15, 0.2) is 0 Å². The number of likely N-dealkylation sites (N-methyl/N-ethyl adjacent to an activating group) is 1. The number of nitrogens with one attached hydrogen (secondary N) is 2. The van der Waals surface area contributed by atoms with E-state index >= 15 is 0 Å². The Morgan fingerprint density at radius 3 is 2.56 bits per heavy atom. The van der Waals surface area contributed by atoms with Gasteiger partial charge in [0.05, 0.1) is 0 Å². The van der Waals surface area contributed by atoms with Crippen LogP contribution in [-0.4, -0.2) is 31.7 Å². The van der Waals surface area contributed by atoms with E-state index in [4.69, 9.17) is 5.84 Å². The van der Waals surface area contributed by atoms with Gasteiger partial charge in [0.1, 0.15) is 0 Å². The van der Waals surface area contributed by atoms with Crippen molar-refractivity contribution in [3.8, 4) is 0 Å². The maximum Gasteiger partial charge on any atom is 0.0348 e. The smallest absolute Gasteiger partial charge is 0.0348 e. The molecule has 1 atom stereocenters. The van der Waals surface area contributed by atoms with E-state index in [1.54, 1.807) is 5.01 Å². The summed E-state index contributed by atoms with van der Waals surface area (Å²) in [4.78, 5) is 0. The molecule has 0 aliphatic heterocycles. The second-order valence-corrected chi connectivity index (χ2v) is 2.15. The van der Waals surface area contributed by atoms with Crippen LogP contribution in [0.5, 0.6) is 0 Å². The van der Waals surface area contributed by atoms with Crippen LogP contribution in [0.4, 0.5) is 0 Å². The summed E-state index contributed by atoms with van der Waals surface area (Å²) >= 11 is 0. The Balaban J connectivity index is 3.16. The fraction of sp³-hybridized carbons (Fsp3) is 1.00. The van der Waals surface area contributed by atoms with Crippen LogP contribution in [0.2, 0.25) is 0 Å². The van der Waals surface area contributed by atoms with Crippen LogP contribution >= 0.6 is 0 Å². The molecular formula is C5H16N4. The highest BCUT2D eigenvalue weighted by atomic mass is 15.4. The minimum Gasteiger partial charge on any atom is -0.269 e. The zero-order valence-electron chi connectivity index (χ0n) is 6.31. The third-order valence-corrected chi connectivity index (χ3v) is 1.27. The van der Waals surface area contributed by atoms with Crippen molar-refractivity contribution >= 4 is 0 Å². The van der Waals surface area contributed by atoms with Crippen LogP contribution in [0, 0.1) is 0 Å². The minimum atomic E-state index is 0.359. The normalized spacial score (nSPS) is 14.3. The Morgan fingerprint density at radius 2 is 2.22 bits per heavy atom. The Labute approximate surface area is 56.3 Å². The second kappa shape index (κ2) is 4.69. The number of hydrogen-bond donors (Lipinski definition) is 3. The van der Waals surface area contributed by atoms with Crippen LogP contribution < -0.4 is 16.7 Å². The van der Waals surface area contributed by atoms with Crippen LogP contribution in [0.1, 0.15) is 6.92 Å². The van der Waals surface area contributed by atoms with E-state index in [1.807, 2.05) is 21.0 Å². The van der Waals surface area contributed by atoms with Gasteiger partial charge in [0.2, 0.25) is 0 Å². The summed E-state index contributed by atoms with van der Waals surface area (Å²) in [5.41, 5.74) is 5.78. The lowest BCUT2D eigenvalue weighted by molar-refractivity contribution is 0.253. The summed E-state index contributed by atoms with van der Waals surface area (Å²) in [7, 11) is 3.69. The molecule has 0 heterocycles. The first kappa shape index (κ1) is 8.84. The van der Waals surface area contributed by atoms with Crippen LogP contribution in [0.25, 0.3) is 0 Å². The van der Waals surface area contributed by atoms with Gasteiger partial charge < -0.3 is 0 Å². The highest BCUT2D eigenvalue weighted by Crippen LogP contribution is 1.82. The van der Waals surface area contributed by atoms with Crippen molar-refractivity contribution in [3.63, 3.8) is 0 Å². The summed E-state index contributed by atoms with van der Waals surface area (Å²) in [6, 6.07) is 0.359. The average Bonchev–Trinajstić information content (AvgIpc) is 1.82. The zero-order valence-corrected chi connectivity index (χ0v) is 6.31. The highest BCUT2D eigenvalue weighted by Gasteiger charge is 2.01. The van der Waals surface area contributed by atoms with Gasteiger partial charge in [0, 0.05) is 19.6 Å². The molecule has 0 fully saturated rings. The molecular weight excluding hydrogens is 116 g/mol. The fourth-order valence-corrected chi connectivity index (χ4v) is 0.394. The molecule has 0 aromatic rings. The Kier molecular flexibility index (Phi) is 4.61. The van der Waals surface area contributed by atoms with Gasteiger partial charge in [-0.2, -0.15) is 0 Å². The molecule has 0 bridgehead atoms. The summed E-state index contributed by atoms with van der Waals surface area (Å²) in [6.45, 7) is 2.90. The summed E-state index contributed by atoms with van der Waals surface area (Å²) in [5.74, 6) is 5.44. The summed E-state index contributed by atoms with van der Waals surface area (Å²) in [5, 5.41) is 1.67. The molecule has 56 valence electrons. The molecule has 0 saturated carbocycles. The predicted molar refractivity (Wildman–Crippen MR) is 38.5 cm³/mol. The maximum absolute atomic E-state index is 5.44. The SMILES string of the molecule is CNNCC(C)N(C)N. The van der Waals surface area contributed by atoms with Gasteiger partial charge >= 0.3 is 0 Å². The van der Waals surface area contributed by atoms with E-state index in [9.17, 15) is 0 Å². The molecule has 4 heteroatoms. The van der Waals surface area contributed by atoms with E-state index in [1.165, 1.54) is 0 Å². The van der Waals surface area contributed by atoms with E-state index in [2.05, 4.69) is 10.9 Å². The molecule has 0 aliphatic carbocycles. The molecule has 0 aromatic heterocycles. The molecule has 4 nitrogen and oxygen atoms in total. The predicted octanol–water partition coefficient (Wildman–Crippen LogP) is -1.10. The van der Waals surface area contributed by atoms with Crippen molar-refractivity contribution in [3.05, 3.63) is 0 Å². The molecule has 0 amide bonds. The van der Waals surface area contributed by atoms with Crippen molar-refractivity contribution < 1.29 is 0 Å². The van der Waals surface area contributed by atoms with Gasteiger partial charge in [0.25, 0.3) is 0 Å². The van der Waals surface area contributed by atoms with E-state index < -0.39 is 0 Å². The number of nitrogens with zero attached hydrogens (tertiary/aromatic N) is 1. The Morgan fingerprint density at radius 1 is 1.67 bits per heavy atom. The standard InChI is InChI=1S/C5H16N4/c1-5(9(3)6)4-8-7-2/h5,7-8H,4,6H2,1-3H3. The number of hydrazine groups is 2. The Hall–Kier alpha value is -0.160. The first-order chi connectivity index (χ1) is 4.18. The molecule has 0 saturated heterocycles. The van der Waals surface area contributed by atoms with Crippen LogP contribution in [0.15, 0.2) is 0 Å². The summed E-state index contributed by atoms with van der Waals surface area (Å²) < 4.78 is 0. The molecule has 0 aromatic carbocycles. The van der Waals surface area contributed by atoms with Gasteiger partial charge in [-0.05, 0) is 14.0 Å². The monoisotopic (exact) mass is 132 g/mol. The second-order valence-electron chi connectivity index (χ2n) is 2.15. The molecule has 0 aliphatic rings. The molecule has 4 N–H and O–H groups in total. The number of nitrogens with two attached hydrogens (primary N) is 1.